The van der Waals surface area contributed by atoms with Gasteiger partial charge in [0, 0.05) is 24.7 Å². The van der Waals surface area contributed by atoms with Gasteiger partial charge >= 0.3 is 0 Å². The van der Waals surface area contributed by atoms with Crippen LogP contribution in [0.1, 0.15) is 45.6 Å². The quantitative estimate of drug-likeness (QED) is 0.687. The molecule has 0 aliphatic carbocycles. The maximum atomic E-state index is 6.24. The predicted octanol–water partition coefficient (Wildman–Crippen LogP) is 3.46. The molecule has 4 heterocycles. The topological polar surface area (TPSA) is 72.6 Å². The first-order valence-corrected chi connectivity index (χ1v) is 9.67. The monoisotopic (exact) mass is 385 g/mol. The van der Waals surface area contributed by atoms with Gasteiger partial charge in [-0.05, 0) is 24.5 Å². The van der Waals surface area contributed by atoms with E-state index >= 15 is 0 Å². The molecular formula is C19H24ClN7. The van der Waals surface area contributed by atoms with Crippen LogP contribution in [0.2, 0.25) is 5.02 Å². The number of nitrogens with zero attached hydrogens (tertiary/aromatic N) is 7. The van der Waals surface area contributed by atoms with Gasteiger partial charge in [0.15, 0.2) is 11.3 Å². The molecule has 3 aromatic heterocycles. The number of fused-ring (bicyclic) bond motifs is 1. The summed E-state index contributed by atoms with van der Waals surface area (Å²) < 4.78 is 0. The number of aromatic nitrogens is 6. The van der Waals surface area contributed by atoms with E-state index in [1.165, 1.54) is 0 Å². The highest BCUT2D eigenvalue weighted by atomic mass is 35.5. The van der Waals surface area contributed by atoms with Gasteiger partial charge in [0.1, 0.15) is 12.4 Å². The summed E-state index contributed by atoms with van der Waals surface area (Å²) in [6, 6.07) is 3.63. The highest BCUT2D eigenvalue weighted by Gasteiger charge is 2.27. The number of hydrogen-bond donors (Lipinski definition) is 0. The van der Waals surface area contributed by atoms with Crippen molar-refractivity contribution in [3.8, 4) is 0 Å². The number of anilines is 1. The normalized spacial score (nSPS) is 17.8. The third kappa shape index (κ3) is 3.60. The van der Waals surface area contributed by atoms with Gasteiger partial charge in [0.05, 0.1) is 10.7 Å². The van der Waals surface area contributed by atoms with Crippen LogP contribution in [0.3, 0.4) is 0 Å². The molecule has 0 unspecified atom stereocenters. The Morgan fingerprint density at radius 3 is 2.70 bits per heavy atom. The summed E-state index contributed by atoms with van der Waals surface area (Å²) in [4.78, 5) is 17.8. The second kappa shape index (κ2) is 6.71. The lowest BCUT2D eigenvalue weighted by Gasteiger charge is -2.21. The average Bonchev–Trinajstić information content (AvgIpc) is 3.21. The van der Waals surface area contributed by atoms with Crippen LogP contribution in [0.15, 0.2) is 18.3 Å². The molecule has 0 aromatic carbocycles. The van der Waals surface area contributed by atoms with Crippen LogP contribution >= 0.6 is 11.6 Å². The highest BCUT2D eigenvalue weighted by Crippen LogP contribution is 2.30. The van der Waals surface area contributed by atoms with Crippen molar-refractivity contribution in [2.75, 3.05) is 18.0 Å². The minimum Gasteiger partial charge on any atom is -0.354 e. The second-order valence-electron chi connectivity index (χ2n) is 8.30. The van der Waals surface area contributed by atoms with Crippen LogP contribution in [0.4, 0.5) is 5.82 Å². The van der Waals surface area contributed by atoms with E-state index in [2.05, 4.69) is 47.8 Å². The molecule has 1 aliphatic heterocycles. The molecule has 3 aromatic rings. The van der Waals surface area contributed by atoms with Gasteiger partial charge in [0.25, 0.3) is 0 Å². The van der Waals surface area contributed by atoms with Gasteiger partial charge in [-0.3, -0.25) is 4.98 Å². The minimum atomic E-state index is -0.164. The third-order valence-corrected chi connectivity index (χ3v) is 5.14. The third-order valence-electron chi connectivity index (χ3n) is 4.79. The lowest BCUT2D eigenvalue weighted by atomic mass is 9.96. The zero-order valence-electron chi connectivity index (χ0n) is 16.1. The molecule has 0 saturated carbocycles. The van der Waals surface area contributed by atoms with E-state index < -0.39 is 0 Å². The Kier molecular flexibility index (Phi) is 4.50. The van der Waals surface area contributed by atoms with Crippen molar-refractivity contribution in [3.63, 3.8) is 0 Å². The fraction of sp³-hybridized carbons (Fsp3) is 0.526. The summed E-state index contributed by atoms with van der Waals surface area (Å²) in [5, 5.41) is 9.89. The van der Waals surface area contributed by atoms with Crippen molar-refractivity contribution >= 4 is 28.6 Å². The van der Waals surface area contributed by atoms with Gasteiger partial charge in [-0.2, -0.15) is 4.80 Å². The van der Waals surface area contributed by atoms with E-state index in [-0.39, 0.29) is 5.41 Å². The van der Waals surface area contributed by atoms with Crippen LogP contribution in [0.5, 0.6) is 0 Å². The predicted molar refractivity (Wildman–Crippen MR) is 106 cm³/mol. The van der Waals surface area contributed by atoms with E-state index in [4.69, 9.17) is 21.6 Å². The molecule has 8 heteroatoms. The number of hydrogen-bond acceptors (Lipinski definition) is 6. The Balaban J connectivity index is 1.80. The molecule has 0 N–H and O–H groups in total. The van der Waals surface area contributed by atoms with Crippen molar-refractivity contribution in [2.24, 2.45) is 5.92 Å². The summed E-state index contributed by atoms with van der Waals surface area (Å²) in [5.74, 6) is 2.32. The maximum absolute atomic E-state index is 6.24. The van der Waals surface area contributed by atoms with Gasteiger partial charge in [-0.25, -0.2) is 9.97 Å². The smallest absolute Gasteiger partial charge is 0.207 e. The molecule has 7 nitrogen and oxygen atoms in total. The van der Waals surface area contributed by atoms with Gasteiger partial charge in [-0.15, -0.1) is 10.2 Å². The Hall–Kier alpha value is -2.28. The first-order valence-electron chi connectivity index (χ1n) is 9.29. The average molecular weight is 386 g/mol. The van der Waals surface area contributed by atoms with Crippen molar-refractivity contribution < 1.29 is 0 Å². The van der Waals surface area contributed by atoms with Crippen molar-refractivity contribution in [1.29, 1.82) is 0 Å². The van der Waals surface area contributed by atoms with E-state index in [0.29, 0.717) is 23.1 Å². The summed E-state index contributed by atoms with van der Waals surface area (Å²) in [6.07, 6.45) is 2.88. The van der Waals surface area contributed by atoms with Crippen LogP contribution in [0.25, 0.3) is 11.2 Å². The zero-order valence-corrected chi connectivity index (χ0v) is 16.9. The summed E-state index contributed by atoms with van der Waals surface area (Å²) in [6.45, 7) is 11.0. The molecule has 0 bridgehead atoms. The number of rotatable bonds is 3. The Morgan fingerprint density at radius 2 is 2.04 bits per heavy atom. The van der Waals surface area contributed by atoms with E-state index in [0.717, 1.165) is 42.4 Å². The largest absolute Gasteiger partial charge is 0.354 e. The van der Waals surface area contributed by atoms with Crippen molar-refractivity contribution in [1.82, 2.24) is 29.9 Å². The molecule has 142 valence electrons. The van der Waals surface area contributed by atoms with Crippen molar-refractivity contribution in [2.45, 2.75) is 46.1 Å². The fourth-order valence-corrected chi connectivity index (χ4v) is 3.44. The molecule has 1 atom stereocenters. The van der Waals surface area contributed by atoms with Crippen molar-refractivity contribution in [3.05, 3.63) is 34.9 Å². The Bertz CT molecular complexity index is 976. The van der Waals surface area contributed by atoms with Gasteiger partial charge in [-0.1, -0.05) is 39.3 Å². The molecule has 4 rings (SSSR count). The molecule has 1 fully saturated rings. The fourth-order valence-electron chi connectivity index (χ4n) is 3.26. The SMILES string of the molecule is C[C@@H]1CCN(c2nc(C(C)(C)C)nc3nn(Cc4ncccc4Cl)nc23)C1. The lowest BCUT2D eigenvalue weighted by Crippen LogP contribution is -2.24. The van der Waals surface area contributed by atoms with Gasteiger partial charge in [0.2, 0.25) is 5.65 Å². The molecule has 0 spiro atoms. The van der Waals surface area contributed by atoms with Crippen LogP contribution in [0, 0.1) is 5.92 Å². The standard InChI is InChI=1S/C19H24ClN7/c1-12-7-9-26(10-12)17-15-16(22-18(23-17)19(2,3)4)25-27(24-15)11-14-13(20)6-5-8-21-14/h5-6,8,12H,7,9-11H2,1-4H3/t12-/m1/s1. The molecular weight excluding hydrogens is 362 g/mol. The van der Waals surface area contributed by atoms with E-state index in [1.807, 2.05) is 12.1 Å². The first kappa shape index (κ1) is 18.1. The van der Waals surface area contributed by atoms with E-state index in [1.54, 1.807) is 11.0 Å². The van der Waals surface area contributed by atoms with Crippen LogP contribution in [-0.2, 0) is 12.0 Å². The van der Waals surface area contributed by atoms with Crippen LogP contribution in [-0.4, -0.2) is 43.0 Å². The summed E-state index contributed by atoms with van der Waals surface area (Å²) >= 11 is 6.24. The molecule has 0 amide bonds. The Labute approximate surface area is 163 Å². The highest BCUT2D eigenvalue weighted by molar-refractivity contribution is 6.31. The number of pyridine rings is 1. The summed E-state index contributed by atoms with van der Waals surface area (Å²) in [5.41, 5.74) is 1.93. The van der Waals surface area contributed by atoms with Gasteiger partial charge < -0.3 is 4.90 Å². The Morgan fingerprint density at radius 1 is 1.22 bits per heavy atom. The zero-order chi connectivity index (χ0) is 19.2. The second-order valence-corrected chi connectivity index (χ2v) is 8.70. The molecule has 0 radical (unpaired) electrons. The molecule has 1 aliphatic rings. The van der Waals surface area contributed by atoms with Crippen LogP contribution < -0.4 is 4.90 Å². The first-order chi connectivity index (χ1) is 12.8. The summed E-state index contributed by atoms with van der Waals surface area (Å²) in [7, 11) is 0. The minimum absolute atomic E-state index is 0.164. The number of halogens is 1. The lowest BCUT2D eigenvalue weighted by molar-refractivity contribution is 0.546. The molecule has 1 saturated heterocycles. The maximum Gasteiger partial charge on any atom is 0.207 e. The van der Waals surface area contributed by atoms with E-state index in [9.17, 15) is 0 Å². The molecule has 27 heavy (non-hydrogen) atoms.